The second kappa shape index (κ2) is 10.5. The summed E-state index contributed by atoms with van der Waals surface area (Å²) >= 11 is 1.48. The van der Waals surface area contributed by atoms with Gasteiger partial charge in [-0.05, 0) is 24.6 Å². The largest absolute Gasteiger partial charge is 0.346 e. The van der Waals surface area contributed by atoms with Crippen LogP contribution in [0.5, 0.6) is 0 Å². The quantitative estimate of drug-likeness (QED) is 0.343. The SMILES string of the molecule is CCn1nc(-c2ccccc2)c(-c2ccccc2)c(C(=O)NCc2csc(-c3cccnc3)n2)c1=O. The van der Waals surface area contributed by atoms with E-state index in [1.54, 1.807) is 12.4 Å². The minimum atomic E-state index is -0.462. The lowest BCUT2D eigenvalue weighted by Crippen LogP contribution is -2.35. The molecule has 5 aromatic rings. The predicted octanol–water partition coefficient (Wildman–Crippen LogP) is 5.05. The summed E-state index contributed by atoms with van der Waals surface area (Å²) in [5.41, 5.74) is 3.95. The molecule has 36 heavy (non-hydrogen) atoms. The van der Waals surface area contributed by atoms with E-state index in [0.717, 1.165) is 21.7 Å². The van der Waals surface area contributed by atoms with Gasteiger partial charge in [-0.25, -0.2) is 9.67 Å². The molecule has 5 rings (SSSR count). The Kier molecular flexibility index (Phi) is 6.77. The molecule has 3 aromatic heterocycles. The van der Waals surface area contributed by atoms with Crippen molar-refractivity contribution in [3.05, 3.63) is 112 Å². The summed E-state index contributed by atoms with van der Waals surface area (Å²) in [6, 6.07) is 22.8. The van der Waals surface area contributed by atoms with Crippen molar-refractivity contribution in [2.24, 2.45) is 0 Å². The number of amides is 1. The molecular formula is C28H23N5O2S. The number of hydrogen-bond acceptors (Lipinski definition) is 6. The number of nitrogens with zero attached hydrogens (tertiary/aromatic N) is 4. The molecular weight excluding hydrogens is 470 g/mol. The molecule has 0 bridgehead atoms. The fraction of sp³-hybridized carbons (Fsp3) is 0.107. The van der Waals surface area contributed by atoms with Crippen LogP contribution in [0, 0.1) is 0 Å². The number of aryl methyl sites for hydroxylation is 1. The Morgan fingerprint density at radius 2 is 1.64 bits per heavy atom. The third-order valence-corrected chi connectivity index (χ3v) is 6.62. The van der Waals surface area contributed by atoms with Crippen molar-refractivity contribution < 1.29 is 4.79 Å². The highest BCUT2D eigenvalue weighted by Gasteiger charge is 2.25. The minimum Gasteiger partial charge on any atom is -0.346 e. The van der Waals surface area contributed by atoms with Crippen molar-refractivity contribution in [2.75, 3.05) is 0 Å². The Morgan fingerprint density at radius 1 is 0.944 bits per heavy atom. The minimum absolute atomic E-state index is 0.0691. The van der Waals surface area contributed by atoms with Gasteiger partial charge in [0.05, 0.1) is 17.9 Å². The average molecular weight is 494 g/mol. The fourth-order valence-electron chi connectivity index (χ4n) is 3.95. The van der Waals surface area contributed by atoms with Gasteiger partial charge in [0, 0.05) is 41.0 Å². The zero-order chi connectivity index (χ0) is 24.9. The van der Waals surface area contributed by atoms with E-state index >= 15 is 0 Å². The highest BCUT2D eigenvalue weighted by Crippen LogP contribution is 2.32. The lowest BCUT2D eigenvalue weighted by Gasteiger charge is -2.16. The summed E-state index contributed by atoms with van der Waals surface area (Å²) < 4.78 is 1.34. The second-order valence-corrected chi connectivity index (χ2v) is 8.88. The van der Waals surface area contributed by atoms with Crippen LogP contribution in [0.3, 0.4) is 0 Å². The average Bonchev–Trinajstić information content (AvgIpc) is 3.42. The topological polar surface area (TPSA) is 89.8 Å². The van der Waals surface area contributed by atoms with Gasteiger partial charge in [-0.15, -0.1) is 11.3 Å². The van der Waals surface area contributed by atoms with E-state index in [1.807, 2.05) is 85.1 Å². The van der Waals surface area contributed by atoms with Crippen LogP contribution < -0.4 is 10.9 Å². The number of carbonyl (C=O) groups excluding carboxylic acids is 1. The number of benzene rings is 2. The van der Waals surface area contributed by atoms with Crippen LogP contribution in [0.4, 0.5) is 0 Å². The molecule has 0 aliphatic rings. The van der Waals surface area contributed by atoms with Crippen LogP contribution in [0.25, 0.3) is 33.0 Å². The van der Waals surface area contributed by atoms with E-state index in [0.29, 0.717) is 23.5 Å². The zero-order valence-corrected chi connectivity index (χ0v) is 20.4. The summed E-state index contributed by atoms with van der Waals surface area (Å²) in [4.78, 5) is 35.8. The standard InChI is InChI=1S/C28H23N5O2S/c1-2-33-28(35)24(26(34)30-17-22-18-36-27(31-22)21-14-9-15-29-16-21)23(19-10-5-3-6-11-19)25(32-33)20-12-7-4-8-13-20/h3-16,18H,2,17H2,1H3,(H,30,34). The molecule has 8 heteroatoms. The van der Waals surface area contributed by atoms with Crippen molar-refractivity contribution in [3.63, 3.8) is 0 Å². The Balaban J connectivity index is 1.55. The molecule has 178 valence electrons. The van der Waals surface area contributed by atoms with E-state index in [2.05, 4.69) is 20.4 Å². The molecule has 1 N–H and O–H groups in total. The second-order valence-electron chi connectivity index (χ2n) is 8.02. The highest BCUT2D eigenvalue weighted by atomic mass is 32.1. The van der Waals surface area contributed by atoms with Crippen molar-refractivity contribution in [1.29, 1.82) is 0 Å². The third kappa shape index (κ3) is 4.71. The maximum Gasteiger partial charge on any atom is 0.280 e. The van der Waals surface area contributed by atoms with Crippen molar-refractivity contribution >= 4 is 17.2 Å². The van der Waals surface area contributed by atoms with Gasteiger partial charge >= 0.3 is 0 Å². The molecule has 0 radical (unpaired) electrons. The lowest BCUT2D eigenvalue weighted by atomic mass is 9.95. The molecule has 0 aliphatic carbocycles. The van der Waals surface area contributed by atoms with E-state index in [1.165, 1.54) is 16.0 Å². The summed E-state index contributed by atoms with van der Waals surface area (Å²) in [7, 11) is 0. The van der Waals surface area contributed by atoms with Gasteiger partial charge in [-0.3, -0.25) is 14.6 Å². The van der Waals surface area contributed by atoms with Gasteiger partial charge in [0.1, 0.15) is 10.6 Å². The van der Waals surface area contributed by atoms with Gasteiger partial charge in [0.2, 0.25) is 0 Å². The molecule has 2 aromatic carbocycles. The Bertz CT molecular complexity index is 1550. The van der Waals surface area contributed by atoms with Crippen LogP contribution in [0.15, 0.2) is 95.4 Å². The van der Waals surface area contributed by atoms with Gasteiger partial charge in [-0.1, -0.05) is 60.7 Å². The van der Waals surface area contributed by atoms with Crippen molar-refractivity contribution in [3.8, 4) is 33.0 Å². The maximum atomic E-state index is 13.6. The molecule has 0 saturated heterocycles. The molecule has 1 amide bonds. The van der Waals surface area contributed by atoms with Crippen LogP contribution in [0.2, 0.25) is 0 Å². The molecule has 0 unspecified atom stereocenters. The number of thiazole rings is 1. The number of nitrogens with one attached hydrogen (secondary N) is 1. The van der Waals surface area contributed by atoms with Gasteiger partial charge in [0.15, 0.2) is 0 Å². The predicted molar refractivity (Wildman–Crippen MR) is 142 cm³/mol. The Morgan fingerprint density at radius 3 is 2.31 bits per heavy atom. The first-order valence-electron chi connectivity index (χ1n) is 11.5. The van der Waals surface area contributed by atoms with E-state index in [4.69, 9.17) is 0 Å². The van der Waals surface area contributed by atoms with Gasteiger partial charge in [0.25, 0.3) is 11.5 Å². The number of pyridine rings is 1. The normalized spacial score (nSPS) is 10.8. The zero-order valence-electron chi connectivity index (χ0n) is 19.6. The number of rotatable bonds is 7. The Hall–Kier alpha value is -4.43. The molecule has 0 atom stereocenters. The first kappa shape index (κ1) is 23.3. The number of hydrogen-bond donors (Lipinski definition) is 1. The fourth-order valence-corrected chi connectivity index (χ4v) is 4.76. The lowest BCUT2D eigenvalue weighted by molar-refractivity contribution is 0.0948. The monoisotopic (exact) mass is 493 g/mol. The first-order chi connectivity index (χ1) is 17.7. The summed E-state index contributed by atoms with van der Waals surface area (Å²) in [5, 5.41) is 10.3. The summed E-state index contributed by atoms with van der Waals surface area (Å²) in [5.74, 6) is -0.462. The van der Waals surface area contributed by atoms with Crippen LogP contribution >= 0.6 is 11.3 Å². The van der Waals surface area contributed by atoms with Crippen LogP contribution in [-0.2, 0) is 13.1 Å². The van der Waals surface area contributed by atoms with Crippen molar-refractivity contribution in [2.45, 2.75) is 20.0 Å². The number of carbonyl (C=O) groups is 1. The van der Waals surface area contributed by atoms with Gasteiger partial charge < -0.3 is 5.32 Å². The molecule has 7 nitrogen and oxygen atoms in total. The number of aromatic nitrogens is 4. The molecule has 0 fully saturated rings. The van der Waals surface area contributed by atoms with Crippen molar-refractivity contribution in [1.82, 2.24) is 25.1 Å². The first-order valence-corrected chi connectivity index (χ1v) is 12.4. The molecule has 0 aliphatic heterocycles. The van der Waals surface area contributed by atoms with E-state index in [-0.39, 0.29) is 12.1 Å². The third-order valence-electron chi connectivity index (χ3n) is 5.68. The summed E-state index contributed by atoms with van der Waals surface area (Å²) in [6.45, 7) is 2.37. The highest BCUT2D eigenvalue weighted by molar-refractivity contribution is 7.13. The Labute approximate surface area is 212 Å². The van der Waals surface area contributed by atoms with Crippen LogP contribution in [0.1, 0.15) is 23.0 Å². The molecule has 0 spiro atoms. The molecule has 0 saturated carbocycles. The van der Waals surface area contributed by atoms with E-state index in [9.17, 15) is 9.59 Å². The van der Waals surface area contributed by atoms with Gasteiger partial charge in [-0.2, -0.15) is 5.10 Å². The smallest absolute Gasteiger partial charge is 0.280 e. The van der Waals surface area contributed by atoms with Crippen LogP contribution in [-0.4, -0.2) is 25.7 Å². The summed E-state index contributed by atoms with van der Waals surface area (Å²) in [6.07, 6.45) is 3.46. The van der Waals surface area contributed by atoms with E-state index < -0.39 is 11.5 Å². The molecule has 3 heterocycles. The maximum absolute atomic E-state index is 13.6.